The van der Waals surface area contributed by atoms with Crippen LogP contribution in [0, 0.1) is 0 Å². The predicted octanol–water partition coefficient (Wildman–Crippen LogP) is 1.59. The second-order valence-electron chi connectivity index (χ2n) is 5.96. The molecular formula is C16H26N4O2. The van der Waals surface area contributed by atoms with Gasteiger partial charge in [-0.3, -0.25) is 0 Å². The summed E-state index contributed by atoms with van der Waals surface area (Å²) in [5, 5.41) is 12.2. The van der Waals surface area contributed by atoms with Crippen molar-refractivity contribution in [2.75, 3.05) is 31.6 Å². The van der Waals surface area contributed by atoms with E-state index in [0.29, 0.717) is 13.1 Å². The number of hydrogen-bond donors (Lipinski definition) is 2. The Morgan fingerprint density at radius 1 is 1.45 bits per heavy atom. The van der Waals surface area contributed by atoms with Gasteiger partial charge in [-0.05, 0) is 43.9 Å². The molecule has 122 valence electrons. The molecule has 1 saturated heterocycles. The number of aliphatic hydroxyl groups excluding tert-OH is 1. The van der Waals surface area contributed by atoms with E-state index in [0.717, 1.165) is 24.5 Å². The Kier molecular flexibility index (Phi) is 6.00. The molecule has 22 heavy (non-hydrogen) atoms. The molecule has 2 N–H and O–H groups in total. The van der Waals surface area contributed by atoms with Gasteiger partial charge in [0.15, 0.2) is 0 Å². The summed E-state index contributed by atoms with van der Waals surface area (Å²) in [6.07, 6.45) is 4.99. The van der Waals surface area contributed by atoms with Gasteiger partial charge in [-0.2, -0.15) is 0 Å². The zero-order chi connectivity index (χ0) is 15.9. The van der Waals surface area contributed by atoms with Crippen LogP contribution in [-0.2, 0) is 6.54 Å². The number of pyridine rings is 1. The summed E-state index contributed by atoms with van der Waals surface area (Å²) in [6, 6.07) is 3.78. The highest BCUT2D eigenvalue weighted by molar-refractivity contribution is 5.73. The van der Waals surface area contributed by atoms with E-state index >= 15 is 0 Å². The number of aliphatic hydroxyl groups is 1. The second-order valence-corrected chi connectivity index (χ2v) is 5.96. The number of nitrogens with zero attached hydrogens (tertiary/aromatic N) is 3. The number of carbonyl (C=O) groups is 1. The first-order chi connectivity index (χ1) is 10.6. The third-order valence-corrected chi connectivity index (χ3v) is 3.82. The van der Waals surface area contributed by atoms with Gasteiger partial charge in [-0.25, -0.2) is 9.78 Å². The molecule has 0 bridgehead atoms. The van der Waals surface area contributed by atoms with Crippen LogP contribution < -0.4 is 10.2 Å². The van der Waals surface area contributed by atoms with Crippen LogP contribution in [0.15, 0.2) is 18.3 Å². The number of likely N-dealkylation sites (N-methyl/N-ethyl adjacent to an activating group) is 1. The first-order valence-electron chi connectivity index (χ1n) is 7.93. The predicted molar refractivity (Wildman–Crippen MR) is 86.8 cm³/mol. The zero-order valence-corrected chi connectivity index (χ0v) is 13.5. The highest BCUT2D eigenvalue weighted by Gasteiger charge is 2.13. The van der Waals surface area contributed by atoms with Crippen molar-refractivity contribution in [1.29, 1.82) is 0 Å². The summed E-state index contributed by atoms with van der Waals surface area (Å²) >= 11 is 0. The molecule has 1 aromatic rings. The average Bonchev–Trinajstić information content (AvgIpc) is 2.53. The van der Waals surface area contributed by atoms with Gasteiger partial charge in [0.05, 0.1) is 6.10 Å². The molecular weight excluding hydrogens is 280 g/mol. The normalized spacial score (nSPS) is 16.2. The summed E-state index contributed by atoms with van der Waals surface area (Å²) < 4.78 is 0. The van der Waals surface area contributed by atoms with Gasteiger partial charge in [0.25, 0.3) is 0 Å². The molecule has 0 spiro atoms. The Bertz CT molecular complexity index is 487. The minimum atomic E-state index is -0.526. The van der Waals surface area contributed by atoms with E-state index in [1.54, 1.807) is 20.2 Å². The number of urea groups is 1. The number of amides is 2. The third-order valence-electron chi connectivity index (χ3n) is 3.82. The van der Waals surface area contributed by atoms with Crippen molar-refractivity contribution in [3.63, 3.8) is 0 Å². The van der Waals surface area contributed by atoms with Crippen LogP contribution in [0.4, 0.5) is 10.6 Å². The maximum atomic E-state index is 11.9. The number of nitrogens with one attached hydrogen (secondary N) is 1. The van der Waals surface area contributed by atoms with Gasteiger partial charge in [-0.1, -0.05) is 0 Å². The maximum Gasteiger partial charge on any atom is 0.317 e. The van der Waals surface area contributed by atoms with E-state index in [1.165, 1.54) is 24.2 Å². The van der Waals surface area contributed by atoms with Crippen LogP contribution in [-0.4, -0.2) is 53.8 Å². The molecule has 0 saturated carbocycles. The summed E-state index contributed by atoms with van der Waals surface area (Å²) in [6.45, 7) is 4.56. The Morgan fingerprint density at radius 2 is 2.18 bits per heavy atom. The highest BCUT2D eigenvalue weighted by Crippen LogP contribution is 2.18. The number of carbonyl (C=O) groups excluding carboxylic acids is 1. The van der Waals surface area contributed by atoms with Crippen molar-refractivity contribution in [2.45, 2.75) is 38.8 Å². The average molecular weight is 306 g/mol. The fraction of sp³-hybridized carbons (Fsp3) is 0.625. The molecule has 6 nitrogen and oxygen atoms in total. The minimum Gasteiger partial charge on any atom is -0.392 e. The van der Waals surface area contributed by atoms with Gasteiger partial charge in [0.1, 0.15) is 5.82 Å². The second kappa shape index (κ2) is 7.98. The molecule has 1 aliphatic heterocycles. The molecule has 1 unspecified atom stereocenters. The van der Waals surface area contributed by atoms with E-state index in [1.807, 2.05) is 12.1 Å². The van der Waals surface area contributed by atoms with Crippen molar-refractivity contribution in [3.8, 4) is 0 Å². The lowest BCUT2D eigenvalue weighted by molar-refractivity contribution is 0.143. The molecule has 1 fully saturated rings. The Balaban J connectivity index is 1.88. The summed E-state index contributed by atoms with van der Waals surface area (Å²) in [5.41, 5.74) is 1.04. The number of piperidine rings is 1. The maximum absolute atomic E-state index is 11.9. The molecule has 0 aliphatic carbocycles. The largest absolute Gasteiger partial charge is 0.392 e. The van der Waals surface area contributed by atoms with E-state index in [2.05, 4.69) is 15.2 Å². The lowest BCUT2D eigenvalue weighted by Gasteiger charge is -2.28. The fourth-order valence-electron chi connectivity index (χ4n) is 2.66. The topological polar surface area (TPSA) is 68.7 Å². The number of anilines is 1. The number of hydrogen-bond acceptors (Lipinski definition) is 4. The van der Waals surface area contributed by atoms with Crippen LogP contribution in [0.1, 0.15) is 31.7 Å². The Morgan fingerprint density at radius 3 is 2.86 bits per heavy atom. The molecule has 0 aromatic carbocycles. The van der Waals surface area contributed by atoms with Crippen molar-refractivity contribution < 1.29 is 9.90 Å². The quantitative estimate of drug-likeness (QED) is 0.867. The minimum absolute atomic E-state index is 0.183. The van der Waals surface area contributed by atoms with Gasteiger partial charge < -0.3 is 20.2 Å². The molecule has 6 heteroatoms. The molecule has 0 radical (unpaired) electrons. The van der Waals surface area contributed by atoms with E-state index in [9.17, 15) is 9.90 Å². The van der Waals surface area contributed by atoms with Crippen molar-refractivity contribution >= 4 is 11.8 Å². The van der Waals surface area contributed by atoms with Gasteiger partial charge in [0, 0.05) is 39.4 Å². The van der Waals surface area contributed by atoms with Gasteiger partial charge in [0.2, 0.25) is 0 Å². The zero-order valence-electron chi connectivity index (χ0n) is 13.5. The lowest BCUT2D eigenvalue weighted by atomic mass is 10.1. The molecule has 1 aromatic heterocycles. The number of rotatable bonds is 5. The fourth-order valence-corrected chi connectivity index (χ4v) is 2.66. The molecule has 1 aliphatic rings. The van der Waals surface area contributed by atoms with Crippen LogP contribution in [0.2, 0.25) is 0 Å². The number of aromatic nitrogens is 1. The van der Waals surface area contributed by atoms with Crippen molar-refractivity contribution in [1.82, 2.24) is 15.2 Å². The summed E-state index contributed by atoms with van der Waals surface area (Å²) in [7, 11) is 1.67. The Hall–Kier alpha value is -1.82. The highest BCUT2D eigenvalue weighted by atomic mass is 16.3. The van der Waals surface area contributed by atoms with E-state index in [-0.39, 0.29) is 6.03 Å². The van der Waals surface area contributed by atoms with Crippen molar-refractivity contribution in [3.05, 3.63) is 23.9 Å². The summed E-state index contributed by atoms with van der Waals surface area (Å²) in [4.78, 5) is 20.1. The van der Waals surface area contributed by atoms with Gasteiger partial charge >= 0.3 is 6.03 Å². The molecule has 1 atom stereocenters. The van der Waals surface area contributed by atoms with Crippen LogP contribution in [0.5, 0.6) is 0 Å². The van der Waals surface area contributed by atoms with E-state index < -0.39 is 6.10 Å². The smallest absolute Gasteiger partial charge is 0.317 e. The van der Waals surface area contributed by atoms with Crippen molar-refractivity contribution in [2.24, 2.45) is 0 Å². The lowest BCUT2D eigenvalue weighted by Crippen LogP contribution is -2.40. The Labute approximate surface area is 132 Å². The molecule has 2 amide bonds. The standard InChI is InChI=1S/C16H26N4O2/c1-13(21)12-19(2)16(22)18-11-14-6-7-17-15(10-14)20-8-4-3-5-9-20/h6-7,10,13,21H,3-5,8-9,11-12H2,1-2H3,(H,18,22). The molecule has 2 rings (SSSR count). The first-order valence-corrected chi connectivity index (χ1v) is 7.93. The summed E-state index contributed by atoms with van der Waals surface area (Å²) in [5.74, 6) is 0.990. The monoisotopic (exact) mass is 306 g/mol. The van der Waals surface area contributed by atoms with Crippen LogP contribution >= 0.6 is 0 Å². The van der Waals surface area contributed by atoms with Crippen LogP contribution in [0.3, 0.4) is 0 Å². The van der Waals surface area contributed by atoms with E-state index in [4.69, 9.17) is 0 Å². The van der Waals surface area contributed by atoms with Crippen LogP contribution in [0.25, 0.3) is 0 Å². The first kappa shape index (κ1) is 16.5. The molecule has 2 heterocycles. The SMILES string of the molecule is CC(O)CN(C)C(=O)NCc1ccnc(N2CCCCC2)c1. The third kappa shape index (κ3) is 4.87. The van der Waals surface area contributed by atoms with Gasteiger partial charge in [-0.15, -0.1) is 0 Å².